The van der Waals surface area contributed by atoms with Crippen LogP contribution in [0.3, 0.4) is 0 Å². The monoisotopic (exact) mass is 456 g/mol. The molecule has 1 fully saturated rings. The summed E-state index contributed by atoms with van der Waals surface area (Å²) < 4.78 is 18.2. The van der Waals surface area contributed by atoms with E-state index >= 15 is 0 Å². The molecule has 2 aliphatic heterocycles. The second-order valence-electron chi connectivity index (χ2n) is 9.26. The third-order valence-electron chi connectivity index (χ3n) is 5.92. The van der Waals surface area contributed by atoms with Crippen LogP contribution in [0.25, 0.3) is 16.7 Å². The molecule has 1 aromatic carbocycles. The van der Waals surface area contributed by atoms with Gasteiger partial charge in [0.2, 0.25) is 5.91 Å². The summed E-state index contributed by atoms with van der Waals surface area (Å²) in [7, 11) is -0.207. The first-order valence-corrected chi connectivity index (χ1v) is 14.1. The fourth-order valence-corrected chi connectivity index (χ4v) is 5.92. The number of β-lactam (4-membered cyclic amide) rings is 1. The first kappa shape index (κ1) is 22.3. The fraction of sp³-hybridized carbons (Fsp3) is 0.435. The van der Waals surface area contributed by atoms with Crippen LogP contribution in [0.1, 0.15) is 18.9 Å². The number of aryl methyl sites for hydroxylation is 1. The van der Waals surface area contributed by atoms with Gasteiger partial charge in [-0.05, 0) is 56.3 Å². The first-order chi connectivity index (χ1) is 15.0. The highest BCUT2D eigenvalue weighted by atomic mass is 28.4. The number of hydrogen-bond donors (Lipinski definition) is 0. The first-order valence-electron chi connectivity index (χ1n) is 10.7. The van der Waals surface area contributed by atoms with E-state index in [1.54, 1.807) is 24.1 Å². The second-order valence-corrected chi connectivity index (χ2v) is 13.7. The van der Waals surface area contributed by atoms with Crippen molar-refractivity contribution in [3.63, 3.8) is 0 Å². The number of aromatic nitrogens is 1. The molecule has 0 spiro atoms. The molecular formula is C23H28N2O6Si. The van der Waals surface area contributed by atoms with Gasteiger partial charge in [-0.3, -0.25) is 9.36 Å². The van der Waals surface area contributed by atoms with Crippen molar-refractivity contribution in [1.29, 1.82) is 0 Å². The Morgan fingerprint density at radius 2 is 2.06 bits per heavy atom. The van der Waals surface area contributed by atoms with E-state index < -0.39 is 20.0 Å². The van der Waals surface area contributed by atoms with E-state index in [2.05, 4.69) is 26.2 Å². The minimum absolute atomic E-state index is 0.0491. The van der Waals surface area contributed by atoms with Crippen molar-refractivity contribution in [2.24, 2.45) is 13.0 Å². The molecule has 0 radical (unpaired) electrons. The lowest BCUT2D eigenvalue weighted by atomic mass is 9.82. The van der Waals surface area contributed by atoms with Crippen LogP contribution in [0.15, 0.2) is 45.8 Å². The maximum Gasteiger partial charge on any atom is 0.419 e. The SMILES string of the molecule is C=CCOC(=O)C1=C(c2ccc3c(c2)oc(=O)n3C)C[C@@H]2[C@@H]([C@@H](C)O[Si](C)(C)C)C(=O)N12. The van der Waals surface area contributed by atoms with Crippen LogP contribution in [0, 0.1) is 5.92 Å². The van der Waals surface area contributed by atoms with Crippen LogP contribution in [0.2, 0.25) is 19.6 Å². The predicted octanol–water partition coefficient (Wildman–Crippen LogP) is 3.04. The summed E-state index contributed by atoms with van der Waals surface area (Å²) in [6.45, 7) is 11.8. The standard InChI is InChI=1S/C23H28N2O6Si/c1-7-10-29-22(27)20-15(14-8-9-16-18(11-14)30-23(28)24(16)3)12-17-19(21(26)25(17)20)13(2)31-32(4,5)6/h7-9,11,13,17,19H,1,10,12H2,2-6H3/t13-,17-,19-/m1/s1. The Bertz CT molecular complexity index is 1200. The molecule has 0 bridgehead atoms. The van der Waals surface area contributed by atoms with E-state index in [-0.39, 0.29) is 36.3 Å². The number of esters is 1. The molecule has 9 heteroatoms. The van der Waals surface area contributed by atoms with E-state index in [1.165, 1.54) is 10.6 Å². The lowest BCUT2D eigenvalue weighted by Crippen LogP contribution is -2.63. The molecule has 0 aliphatic carbocycles. The zero-order chi connectivity index (χ0) is 23.4. The molecule has 2 aromatic rings. The van der Waals surface area contributed by atoms with Crippen molar-refractivity contribution in [1.82, 2.24) is 9.47 Å². The Balaban J connectivity index is 1.73. The molecule has 170 valence electrons. The molecule has 4 rings (SSSR count). The van der Waals surface area contributed by atoms with Crippen LogP contribution in [-0.2, 0) is 25.8 Å². The van der Waals surface area contributed by atoms with Gasteiger partial charge in [0.1, 0.15) is 12.3 Å². The third kappa shape index (κ3) is 3.65. The number of ether oxygens (including phenoxy) is 1. The van der Waals surface area contributed by atoms with Gasteiger partial charge in [-0.1, -0.05) is 18.7 Å². The van der Waals surface area contributed by atoms with E-state index in [0.29, 0.717) is 23.1 Å². The fourth-order valence-electron chi connectivity index (χ4n) is 4.66. The smallest absolute Gasteiger partial charge is 0.419 e. The average Bonchev–Trinajstić information content (AvgIpc) is 3.19. The quantitative estimate of drug-likeness (QED) is 0.275. The topological polar surface area (TPSA) is 91.0 Å². The third-order valence-corrected chi connectivity index (χ3v) is 7.00. The lowest BCUT2D eigenvalue weighted by Gasteiger charge is -2.47. The minimum atomic E-state index is -1.84. The summed E-state index contributed by atoms with van der Waals surface area (Å²) in [6, 6.07) is 5.18. The number of carbonyl (C=O) groups excluding carboxylic acids is 2. The van der Waals surface area contributed by atoms with Crippen molar-refractivity contribution in [2.75, 3.05) is 6.61 Å². The van der Waals surface area contributed by atoms with Crippen molar-refractivity contribution in [3.8, 4) is 0 Å². The number of nitrogens with zero attached hydrogens (tertiary/aromatic N) is 2. The van der Waals surface area contributed by atoms with E-state index in [9.17, 15) is 14.4 Å². The Labute approximate surface area is 187 Å². The van der Waals surface area contributed by atoms with Crippen molar-refractivity contribution < 1.29 is 23.2 Å². The lowest BCUT2D eigenvalue weighted by molar-refractivity contribution is -0.161. The Morgan fingerprint density at radius 1 is 1.34 bits per heavy atom. The highest BCUT2D eigenvalue weighted by molar-refractivity contribution is 6.69. The maximum atomic E-state index is 13.1. The predicted molar refractivity (Wildman–Crippen MR) is 122 cm³/mol. The molecule has 0 unspecified atom stereocenters. The number of amides is 1. The minimum Gasteiger partial charge on any atom is -0.457 e. The Hall–Kier alpha value is -2.91. The van der Waals surface area contributed by atoms with E-state index in [0.717, 1.165) is 5.56 Å². The van der Waals surface area contributed by atoms with Crippen LogP contribution in [0.4, 0.5) is 0 Å². The molecule has 2 aliphatic rings. The molecule has 3 heterocycles. The van der Waals surface area contributed by atoms with Crippen LogP contribution in [0.5, 0.6) is 0 Å². The zero-order valence-electron chi connectivity index (χ0n) is 19.0. The molecule has 8 nitrogen and oxygen atoms in total. The van der Waals surface area contributed by atoms with Gasteiger partial charge in [0.05, 0.1) is 23.6 Å². The number of hydrogen-bond acceptors (Lipinski definition) is 6. The van der Waals surface area contributed by atoms with Crippen molar-refractivity contribution >= 4 is 36.9 Å². The summed E-state index contributed by atoms with van der Waals surface area (Å²) in [6.07, 6.45) is 1.74. The zero-order valence-corrected chi connectivity index (χ0v) is 20.0. The second kappa shape index (κ2) is 7.90. The van der Waals surface area contributed by atoms with Gasteiger partial charge in [-0.15, -0.1) is 0 Å². The van der Waals surface area contributed by atoms with Crippen LogP contribution >= 0.6 is 0 Å². The molecule has 1 aromatic heterocycles. The molecular weight excluding hydrogens is 428 g/mol. The summed E-state index contributed by atoms with van der Waals surface area (Å²) in [4.78, 5) is 39.5. The summed E-state index contributed by atoms with van der Waals surface area (Å²) in [5, 5.41) is 0. The summed E-state index contributed by atoms with van der Waals surface area (Å²) in [5.41, 5.74) is 2.75. The van der Waals surface area contributed by atoms with Gasteiger partial charge in [-0.2, -0.15) is 0 Å². The number of benzene rings is 1. The number of carbonyl (C=O) groups is 2. The highest BCUT2D eigenvalue weighted by Gasteiger charge is 2.57. The van der Waals surface area contributed by atoms with Gasteiger partial charge in [-0.25, -0.2) is 9.59 Å². The normalized spacial score (nSPS) is 21.5. The number of fused-ring (bicyclic) bond motifs is 2. The Morgan fingerprint density at radius 3 is 2.72 bits per heavy atom. The number of rotatable bonds is 7. The van der Waals surface area contributed by atoms with E-state index in [1.807, 2.05) is 13.0 Å². The van der Waals surface area contributed by atoms with Crippen molar-refractivity contribution in [2.45, 2.75) is 45.1 Å². The Kier molecular flexibility index (Phi) is 5.50. The summed E-state index contributed by atoms with van der Waals surface area (Å²) >= 11 is 0. The highest BCUT2D eigenvalue weighted by Crippen LogP contribution is 2.48. The molecule has 1 amide bonds. The van der Waals surface area contributed by atoms with Crippen LogP contribution in [-0.4, -0.2) is 48.4 Å². The molecule has 32 heavy (non-hydrogen) atoms. The average molecular weight is 457 g/mol. The van der Waals surface area contributed by atoms with Gasteiger partial charge >= 0.3 is 11.7 Å². The summed E-state index contributed by atoms with van der Waals surface area (Å²) in [5.74, 6) is -1.48. The molecule has 0 saturated carbocycles. The number of oxazole rings is 1. The van der Waals surface area contributed by atoms with E-state index in [4.69, 9.17) is 13.6 Å². The largest absolute Gasteiger partial charge is 0.457 e. The van der Waals surface area contributed by atoms with Gasteiger partial charge in [0.15, 0.2) is 13.9 Å². The molecule has 1 saturated heterocycles. The van der Waals surface area contributed by atoms with Gasteiger partial charge in [0.25, 0.3) is 0 Å². The van der Waals surface area contributed by atoms with Crippen LogP contribution < -0.4 is 5.76 Å². The molecule has 3 atom stereocenters. The maximum absolute atomic E-state index is 13.1. The van der Waals surface area contributed by atoms with Gasteiger partial charge < -0.3 is 18.5 Å². The van der Waals surface area contributed by atoms with Gasteiger partial charge in [0, 0.05) is 7.05 Å². The van der Waals surface area contributed by atoms with Crippen molar-refractivity contribution in [3.05, 3.63) is 52.7 Å². The molecule has 0 N–H and O–H groups in total.